The van der Waals surface area contributed by atoms with E-state index in [0.717, 1.165) is 11.3 Å². The topological polar surface area (TPSA) is 134 Å². The van der Waals surface area contributed by atoms with Crippen molar-refractivity contribution in [2.45, 2.75) is 13.8 Å². The smallest absolute Gasteiger partial charge is 0.213 e. The Morgan fingerprint density at radius 1 is 1.17 bits per heavy atom. The van der Waals surface area contributed by atoms with Crippen LogP contribution in [-0.2, 0) is 10.0 Å². The molecule has 3 N–H and O–H groups in total. The zero-order chi connectivity index (χ0) is 21.3. The first-order valence-electron chi connectivity index (χ1n) is 9.72. The van der Waals surface area contributed by atoms with Crippen LogP contribution in [0.2, 0.25) is 0 Å². The van der Waals surface area contributed by atoms with E-state index in [9.17, 15) is 8.42 Å². The summed E-state index contributed by atoms with van der Waals surface area (Å²) in [5, 5.41) is 7.22. The molecule has 158 valence electrons. The molecule has 11 heteroatoms. The van der Waals surface area contributed by atoms with E-state index < -0.39 is 10.0 Å². The largest absolute Gasteiger partial charge is 0.399 e. The Hall–Kier alpha value is -3.05. The van der Waals surface area contributed by atoms with Gasteiger partial charge >= 0.3 is 0 Å². The summed E-state index contributed by atoms with van der Waals surface area (Å²) in [4.78, 5) is 15.8. The number of hydrogen-bond acceptors (Lipinski definition) is 8. The van der Waals surface area contributed by atoms with E-state index in [1.807, 2.05) is 36.1 Å². The number of H-pyrrole nitrogens is 1. The minimum Gasteiger partial charge on any atom is -0.399 e. The van der Waals surface area contributed by atoms with Crippen molar-refractivity contribution in [1.82, 2.24) is 29.5 Å². The van der Waals surface area contributed by atoms with E-state index in [1.54, 1.807) is 13.1 Å². The van der Waals surface area contributed by atoms with Crippen molar-refractivity contribution in [2.24, 2.45) is 0 Å². The summed E-state index contributed by atoms with van der Waals surface area (Å²) < 4.78 is 25.7. The van der Waals surface area contributed by atoms with Gasteiger partial charge in [-0.05, 0) is 26.0 Å². The molecule has 1 saturated heterocycles. The highest BCUT2D eigenvalue weighted by Crippen LogP contribution is 2.24. The molecule has 1 aliphatic heterocycles. The standard InChI is InChI=1S/C19H24N8O2S/c1-3-30(28,29)27-9-7-26(8-10-27)16-12-21-13(2)17(22-16)19-23-18(24-25-19)14-5-4-6-15(20)11-14/h4-6,11-12H,3,7-10,20H2,1-2H3,(H,23,24,25). The van der Waals surface area contributed by atoms with Gasteiger partial charge < -0.3 is 10.6 Å². The first kappa shape index (κ1) is 20.2. The van der Waals surface area contributed by atoms with Gasteiger partial charge in [0.25, 0.3) is 0 Å². The molecule has 3 heterocycles. The Morgan fingerprint density at radius 3 is 2.63 bits per heavy atom. The van der Waals surface area contributed by atoms with Crippen molar-refractivity contribution in [2.75, 3.05) is 42.6 Å². The van der Waals surface area contributed by atoms with Crippen LogP contribution in [0.15, 0.2) is 30.5 Å². The van der Waals surface area contributed by atoms with Crippen LogP contribution in [0.5, 0.6) is 0 Å². The second kappa shape index (κ2) is 8.00. The lowest BCUT2D eigenvalue weighted by atomic mass is 10.2. The van der Waals surface area contributed by atoms with Crippen LogP contribution < -0.4 is 10.6 Å². The van der Waals surface area contributed by atoms with E-state index in [0.29, 0.717) is 55.0 Å². The van der Waals surface area contributed by atoms with Gasteiger partial charge in [0, 0.05) is 37.4 Å². The molecule has 0 aliphatic carbocycles. The molecule has 0 unspecified atom stereocenters. The third kappa shape index (κ3) is 3.98. The average Bonchev–Trinajstić information content (AvgIpc) is 3.24. The van der Waals surface area contributed by atoms with Gasteiger partial charge in [-0.1, -0.05) is 12.1 Å². The fourth-order valence-electron chi connectivity index (χ4n) is 3.37. The maximum Gasteiger partial charge on any atom is 0.213 e. The summed E-state index contributed by atoms with van der Waals surface area (Å²) in [5.41, 5.74) is 8.64. The number of aryl methyl sites for hydroxylation is 1. The van der Waals surface area contributed by atoms with Crippen LogP contribution in [0, 0.1) is 6.92 Å². The molecule has 1 fully saturated rings. The van der Waals surface area contributed by atoms with E-state index in [4.69, 9.17) is 10.7 Å². The molecule has 0 bridgehead atoms. The van der Waals surface area contributed by atoms with Gasteiger partial charge in [-0.15, -0.1) is 0 Å². The van der Waals surface area contributed by atoms with E-state index in [1.165, 1.54) is 4.31 Å². The number of anilines is 2. The van der Waals surface area contributed by atoms with Crippen LogP contribution in [0.4, 0.5) is 11.5 Å². The van der Waals surface area contributed by atoms with Gasteiger partial charge in [0.15, 0.2) is 11.6 Å². The number of aromatic amines is 1. The molecule has 4 rings (SSSR count). The summed E-state index contributed by atoms with van der Waals surface area (Å²) in [6.07, 6.45) is 1.71. The lowest BCUT2D eigenvalue weighted by molar-refractivity contribution is 0.384. The van der Waals surface area contributed by atoms with Gasteiger partial charge in [-0.25, -0.2) is 18.4 Å². The Morgan fingerprint density at radius 2 is 1.93 bits per heavy atom. The third-order valence-electron chi connectivity index (χ3n) is 5.12. The molecule has 3 aromatic rings. The van der Waals surface area contributed by atoms with E-state index >= 15 is 0 Å². The highest BCUT2D eigenvalue weighted by atomic mass is 32.2. The SMILES string of the molecule is CCS(=O)(=O)N1CCN(c2cnc(C)c(-c3nc(-c4cccc(N)c4)n[nH]3)n2)CC1. The second-order valence-corrected chi connectivity index (χ2v) is 9.34. The Labute approximate surface area is 175 Å². The fraction of sp³-hybridized carbons (Fsp3) is 0.368. The van der Waals surface area contributed by atoms with Crippen LogP contribution in [0.1, 0.15) is 12.6 Å². The minimum atomic E-state index is -3.17. The summed E-state index contributed by atoms with van der Waals surface area (Å²) in [7, 11) is -3.17. The summed E-state index contributed by atoms with van der Waals surface area (Å²) >= 11 is 0. The highest BCUT2D eigenvalue weighted by molar-refractivity contribution is 7.89. The van der Waals surface area contributed by atoms with Crippen molar-refractivity contribution < 1.29 is 8.42 Å². The Balaban J connectivity index is 1.56. The van der Waals surface area contributed by atoms with Gasteiger partial charge in [0.05, 0.1) is 17.6 Å². The Kier molecular flexibility index (Phi) is 5.39. The quantitative estimate of drug-likeness (QED) is 0.581. The van der Waals surface area contributed by atoms with E-state index in [-0.39, 0.29) is 5.75 Å². The van der Waals surface area contributed by atoms with Gasteiger partial charge in [-0.2, -0.15) is 9.40 Å². The number of nitrogens with one attached hydrogen (secondary N) is 1. The number of benzene rings is 1. The molecule has 0 radical (unpaired) electrons. The first-order chi connectivity index (χ1) is 14.4. The average molecular weight is 429 g/mol. The lowest BCUT2D eigenvalue weighted by Gasteiger charge is -2.34. The van der Waals surface area contributed by atoms with Crippen molar-refractivity contribution >= 4 is 21.5 Å². The predicted octanol–water partition coefficient (Wildman–Crippen LogP) is 1.29. The lowest BCUT2D eigenvalue weighted by Crippen LogP contribution is -2.49. The van der Waals surface area contributed by atoms with Crippen LogP contribution in [0.25, 0.3) is 22.9 Å². The monoisotopic (exact) mass is 428 g/mol. The molecule has 0 spiro atoms. The number of nitrogen functional groups attached to an aromatic ring is 1. The highest BCUT2D eigenvalue weighted by Gasteiger charge is 2.26. The maximum absolute atomic E-state index is 12.1. The second-order valence-electron chi connectivity index (χ2n) is 7.08. The molecule has 0 saturated carbocycles. The molecular formula is C19H24N8O2S. The number of rotatable bonds is 5. The third-order valence-corrected chi connectivity index (χ3v) is 7.00. The number of piperazine rings is 1. The molecule has 2 aromatic heterocycles. The molecule has 30 heavy (non-hydrogen) atoms. The van der Waals surface area contributed by atoms with Crippen LogP contribution in [0.3, 0.4) is 0 Å². The van der Waals surface area contributed by atoms with E-state index in [2.05, 4.69) is 20.2 Å². The van der Waals surface area contributed by atoms with Crippen LogP contribution >= 0.6 is 0 Å². The molecule has 0 atom stereocenters. The zero-order valence-electron chi connectivity index (χ0n) is 16.9. The molecule has 1 aromatic carbocycles. The maximum atomic E-state index is 12.1. The van der Waals surface area contributed by atoms with Gasteiger partial charge in [0.1, 0.15) is 11.5 Å². The van der Waals surface area contributed by atoms with Crippen molar-refractivity contribution in [3.63, 3.8) is 0 Å². The number of nitrogens with zero attached hydrogens (tertiary/aromatic N) is 6. The van der Waals surface area contributed by atoms with Crippen molar-refractivity contribution in [1.29, 1.82) is 0 Å². The number of hydrogen-bond donors (Lipinski definition) is 2. The fourth-order valence-corrected chi connectivity index (χ4v) is 4.45. The molecular weight excluding hydrogens is 404 g/mol. The van der Waals surface area contributed by atoms with Gasteiger partial charge in [0.2, 0.25) is 10.0 Å². The normalized spacial score (nSPS) is 15.5. The zero-order valence-corrected chi connectivity index (χ0v) is 17.7. The summed E-state index contributed by atoms with van der Waals surface area (Å²) in [5.74, 6) is 1.85. The minimum absolute atomic E-state index is 0.113. The summed E-state index contributed by atoms with van der Waals surface area (Å²) in [6.45, 7) is 5.50. The Bertz CT molecular complexity index is 1150. The van der Waals surface area contributed by atoms with Crippen molar-refractivity contribution in [3.8, 4) is 22.9 Å². The molecule has 0 amide bonds. The number of aromatic nitrogens is 5. The molecule has 10 nitrogen and oxygen atoms in total. The summed E-state index contributed by atoms with van der Waals surface area (Å²) in [6, 6.07) is 7.36. The predicted molar refractivity (Wildman–Crippen MR) is 115 cm³/mol. The van der Waals surface area contributed by atoms with Crippen molar-refractivity contribution in [3.05, 3.63) is 36.2 Å². The number of nitrogens with two attached hydrogens (primary N) is 1. The number of sulfonamides is 1. The first-order valence-corrected chi connectivity index (χ1v) is 11.3. The van der Waals surface area contributed by atoms with Gasteiger partial charge in [-0.3, -0.25) is 10.1 Å². The molecule has 1 aliphatic rings. The van der Waals surface area contributed by atoms with Crippen LogP contribution in [-0.4, -0.2) is 69.8 Å².